The first-order valence-electron chi connectivity index (χ1n) is 4.94. The average Bonchev–Trinajstić information content (AvgIpc) is 2.29. The predicted octanol–water partition coefficient (Wildman–Crippen LogP) is 1.37. The Hall–Kier alpha value is -0.910. The van der Waals surface area contributed by atoms with Crippen LogP contribution < -0.4 is 10.5 Å². The molecule has 1 aromatic rings. The fourth-order valence-corrected chi connectivity index (χ4v) is 2.58. The molecule has 20 heavy (non-hydrogen) atoms. The van der Waals surface area contributed by atoms with Crippen molar-refractivity contribution in [3.63, 3.8) is 0 Å². The number of hydrogen-bond donors (Lipinski definition) is 3. The van der Waals surface area contributed by atoms with Crippen LogP contribution in [0.4, 0.5) is 23.2 Å². The lowest BCUT2D eigenvalue weighted by molar-refractivity contribution is -0.200. The molecule has 11 heteroatoms. The van der Waals surface area contributed by atoms with E-state index in [2.05, 4.69) is 15.9 Å². The quantitative estimate of drug-likeness (QED) is 0.543. The summed E-state index contributed by atoms with van der Waals surface area (Å²) >= 11 is 2.87. The number of halogens is 5. The Bertz CT molecular complexity index is 606. The maximum atomic E-state index is 13.5. The van der Waals surface area contributed by atoms with E-state index in [0.29, 0.717) is 0 Å². The molecule has 5 nitrogen and oxygen atoms in total. The molecule has 0 aliphatic heterocycles. The Kier molecular flexibility index (Phi) is 5.00. The van der Waals surface area contributed by atoms with Crippen molar-refractivity contribution in [2.24, 2.45) is 0 Å². The number of alkyl halides is 3. The molecular weight excluding hydrogens is 372 g/mol. The minimum Gasteiger partial charge on any atom is -0.398 e. The van der Waals surface area contributed by atoms with Crippen LogP contribution in [0.3, 0.4) is 0 Å². The molecule has 1 aromatic carbocycles. The molecule has 114 valence electrons. The van der Waals surface area contributed by atoms with E-state index in [4.69, 9.17) is 10.8 Å². The predicted molar refractivity (Wildman–Crippen MR) is 65.8 cm³/mol. The molecule has 0 aliphatic carbocycles. The number of nitrogens with one attached hydrogen (secondary N) is 1. The van der Waals surface area contributed by atoms with Crippen LogP contribution in [-0.2, 0) is 10.0 Å². The van der Waals surface area contributed by atoms with Gasteiger partial charge in [0.1, 0.15) is 10.7 Å². The van der Waals surface area contributed by atoms with Gasteiger partial charge in [-0.25, -0.2) is 17.5 Å². The van der Waals surface area contributed by atoms with E-state index >= 15 is 0 Å². The number of nitrogens with two attached hydrogens (primary N) is 1. The van der Waals surface area contributed by atoms with E-state index in [1.807, 2.05) is 0 Å². The zero-order valence-electron chi connectivity index (χ0n) is 9.58. The monoisotopic (exact) mass is 380 g/mol. The van der Waals surface area contributed by atoms with Crippen molar-refractivity contribution in [3.05, 3.63) is 22.4 Å². The summed E-state index contributed by atoms with van der Waals surface area (Å²) in [6.07, 6.45) is -7.88. The third kappa shape index (κ3) is 4.04. The Balaban J connectivity index is 2.98. The van der Waals surface area contributed by atoms with E-state index < -0.39 is 39.6 Å². The Morgan fingerprint density at radius 2 is 1.95 bits per heavy atom. The summed E-state index contributed by atoms with van der Waals surface area (Å²) in [7, 11) is -4.57. The first kappa shape index (κ1) is 17.1. The number of benzene rings is 1. The summed E-state index contributed by atoms with van der Waals surface area (Å²) in [5.74, 6) is -1.19. The van der Waals surface area contributed by atoms with Crippen LogP contribution in [0.25, 0.3) is 0 Å². The van der Waals surface area contributed by atoms with Gasteiger partial charge in [0.25, 0.3) is 0 Å². The van der Waals surface area contributed by atoms with Crippen molar-refractivity contribution >= 4 is 31.6 Å². The number of nitrogen functional groups attached to an aromatic ring is 1. The van der Waals surface area contributed by atoms with Gasteiger partial charge in [-0.05, 0) is 28.1 Å². The minimum absolute atomic E-state index is 0.101. The highest BCUT2D eigenvalue weighted by Gasteiger charge is 2.39. The fourth-order valence-electron chi connectivity index (χ4n) is 1.13. The van der Waals surface area contributed by atoms with Crippen LogP contribution in [-0.4, -0.2) is 32.3 Å². The SMILES string of the molecule is Nc1cc(S(=O)(=O)NCC(O)C(F)(F)F)c(F)cc1Br. The second-order valence-corrected chi connectivity index (χ2v) is 6.30. The van der Waals surface area contributed by atoms with Crippen LogP contribution >= 0.6 is 15.9 Å². The molecule has 0 spiro atoms. The average molecular weight is 381 g/mol. The first-order valence-corrected chi connectivity index (χ1v) is 7.21. The molecule has 0 bridgehead atoms. The number of anilines is 1. The molecule has 0 saturated carbocycles. The molecule has 0 fully saturated rings. The molecule has 1 unspecified atom stereocenters. The Morgan fingerprint density at radius 1 is 1.40 bits per heavy atom. The summed E-state index contributed by atoms with van der Waals surface area (Å²) < 4.78 is 74.5. The van der Waals surface area contributed by atoms with Crippen LogP contribution in [0.1, 0.15) is 0 Å². The van der Waals surface area contributed by atoms with Gasteiger partial charge in [0.15, 0.2) is 6.10 Å². The van der Waals surface area contributed by atoms with Crippen molar-refractivity contribution < 1.29 is 31.1 Å². The molecule has 0 amide bonds. The third-order valence-electron chi connectivity index (χ3n) is 2.19. The lowest BCUT2D eigenvalue weighted by Gasteiger charge is -2.15. The van der Waals surface area contributed by atoms with Crippen LogP contribution in [0.5, 0.6) is 0 Å². The number of sulfonamides is 1. The van der Waals surface area contributed by atoms with E-state index in [1.54, 1.807) is 0 Å². The summed E-state index contributed by atoms with van der Waals surface area (Å²) in [6, 6.07) is 1.52. The maximum Gasteiger partial charge on any atom is 0.415 e. The minimum atomic E-state index is -4.99. The normalized spacial score (nSPS) is 14.3. The van der Waals surface area contributed by atoms with Crippen molar-refractivity contribution in [2.75, 3.05) is 12.3 Å². The number of rotatable bonds is 4. The molecule has 0 saturated heterocycles. The number of aliphatic hydroxyl groups is 1. The van der Waals surface area contributed by atoms with Crippen molar-refractivity contribution in [3.8, 4) is 0 Å². The Labute approximate surface area is 120 Å². The van der Waals surface area contributed by atoms with E-state index in [-0.39, 0.29) is 10.2 Å². The summed E-state index contributed by atoms with van der Waals surface area (Å²) in [5, 5.41) is 8.69. The van der Waals surface area contributed by atoms with E-state index in [1.165, 1.54) is 4.72 Å². The highest BCUT2D eigenvalue weighted by atomic mass is 79.9. The lowest BCUT2D eigenvalue weighted by atomic mass is 10.3. The molecule has 1 atom stereocenters. The summed E-state index contributed by atoms with van der Waals surface area (Å²) in [6.45, 7) is -1.33. The third-order valence-corrected chi connectivity index (χ3v) is 4.31. The zero-order valence-corrected chi connectivity index (χ0v) is 12.0. The molecule has 0 aromatic heterocycles. The fraction of sp³-hybridized carbons (Fsp3) is 0.333. The number of hydrogen-bond acceptors (Lipinski definition) is 4. The molecule has 4 N–H and O–H groups in total. The topological polar surface area (TPSA) is 92.4 Å². The Morgan fingerprint density at radius 3 is 2.45 bits per heavy atom. The van der Waals surface area contributed by atoms with Gasteiger partial charge < -0.3 is 10.8 Å². The van der Waals surface area contributed by atoms with Crippen molar-refractivity contribution in [1.29, 1.82) is 0 Å². The maximum absolute atomic E-state index is 13.5. The van der Waals surface area contributed by atoms with Gasteiger partial charge >= 0.3 is 6.18 Å². The lowest BCUT2D eigenvalue weighted by Crippen LogP contribution is -2.40. The smallest absolute Gasteiger partial charge is 0.398 e. The van der Waals surface area contributed by atoms with Gasteiger partial charge in [0, 0.05) is 16.7 Å². The molecule has 1 rings (SSSR count). The van der Waals surface area contributed by atoms with Crippen molar-refractivity contribution in [2.45, 2.75) is 17.2 Å². The van der Waals surface area contributed by atoms with Gasteiger partial charge in [-0.2, -0.15) is 13.2 Å². The van der Waals surface area contributed by atoms with Gasteiger partial charge in [0.2, 0.25) is 10.0 Å². The van der Waals surface area contributed by atoms with Gasteiger partial charge in [-0.1, -0.05) is 0 Å². The van der Waals surface area contributed by atoms with Crippen molar-refractivity contribution in [1.82, 2.24) is 4.72 Å². The molecule has 0 radical (unpaired) electrons. The van der Waals surface area contributed by atoms with E-state index in [9.17, 15) is 26.0 Å². The highest BCUT2D eigenvalue weighted by Crippen LogP contribution is 2.26. The second-order valence-electron chi connectivity index (χ2n) is 3.71. The highest BCUT2D eigenvalue weighted by molar-refractivity contribution is 9.10. The molecule has 0 heterocycles. The molecule has 0 aliphatic rings. The van der Waals surface area contributed by atoms with E-state index in [0.717, 1.165) is 12.1 Å². The van der Waals surface area contributed by atoms with Gasteiger partial charge in [-0.15, -0.1) is 0 Å². The number of aliphatic hydroxyl groups excluding tert-OH is 1. The second kappa shape index (κ2) is 5.84. The van der Waals surface area contributed by atoms with Crippen LogP contribution in [0.15, 0.2) is 21.5 Å². The molecular formula is C9H9BrF4N2O3S. The van der Waals surface area contributed by atoms with Gasteiger partial charge in [0.05, 0.1) is 0 Å². The van der Waals surface area contributed by atoms with Crippen LogP contribution in [0.2, 0.25) is 0 Å². The first-order chi connectivity index (χ1) is 8.95. The summed E-state index contributed by atoms with van der Waals surface area (Å²) in [5.41, 5.74) is 5.27. The van der Waals surface area contributed by atoms with Gasteiger partial charge in [-0.3, -0.25) is 0 Å². The van der Waals surface area contributed by atoms with Crippen LogP contribution in [0, 0.1) is 5.82 Å². The zero-order chi connectivity index (χ0) is 15.7. The summed E-state index contributed by atoms with van der Waals surface area (Å²) in [4.78, 5) is -0.910. The largest absolute Gasteiger partial charge is 0.415 e. The standard InChI is InChI=1S/C9H9BrF4N2O3S/c10-4-1-5(11)7(2-6(4)15)20(18,19)16-3-8(17)9(12,13)14/h1-2,8,16-17H,3,15H2.